The molecule has 0 unspecified atom stereocenters. The number of aromatic nitrogens is 4. The second-order valence-corrected chi connectivity index (χ2v) is 6.09. The fourth-order valence-corrected chi connectivity index (χ4v) is 3.19. The van der Waals surface area contributed by atoms with Crippen molar-refractivity contribution in [2.45, 2.75) is 29.6 Å². The zero-order valence-electron chi connectivity index (χ0n) is 11.0. The molecule has 0 fully saturated rings. The second kappa shape index (κ2) is 6.67. The van der Waals surface area contributed by atoms with Gasteiger partial charge >= 0.3 is 0 Å². The Hall–Kier alpha value is -1.41. The van der Waals surface area contributed by atoms with E-state index in [0.717, 1.165) is 27.3 Å². The zero-order chi connectivity index (χ0) is 13.7. The van der Waals surface area contributed by atoms with Crippen LogP contribution < -0.4 is 10.1 Å². The second-order valence-electron chi connectivity index (χ2n) is 3.68. The average Bonchev–Trinajstić information content (AvgIpc) is 2.82. The van der Waals surface area contributed by atoms with E-state index in [2.05, 4.69) is 32.4 Å². The van der Waals surface area contributed by atoms with Gasteiger partial charge in [0, 0.05) is 6.54 Å². The van der Waals surface area contributed by atoms with Crippen molar-refractivity contribution in [3.8, 4) is 5.75 Å². The van der Waals surface area contributed by atoms with Crippen LogP contribution in [0.2, 0.25) is 0 Å². The number of nitrogens with zero attached hydrogens (tertiary/aromatic N) is 4. The van der Waals surface area contributed by atoms with Crippen molar-refractivity contribution in [2.24, 2.45) is 0 Å². The van der Waals surface area contributed by atoms with Crippen molar-refractivity contribution in [1.82, 2.24) is 20.2 Å². The molecule has 2 rings (SSSR count). The number of hydrogen-bond donors (Lipinski definition) is 1. The van der Waals surface area contributed by atoms with Gasteiger partial charge < -0.3 is 10.1 Å². The van der Waals surface area contributed by atoms with E-state index in [1.54, 1.807) is 7.11 Å². The predicted octanol–water partition coefficient (Wildman–Crippen LogP) is 2.62. The fraction of sp³-hybridized carbons (Fsp3) is 0.455. The number of aryl methyl sites for hydroxylation is 1. The highest BCUT2D eigenvalue weighted by Gasteiger charge is 2.14. The Bertz CT molecular complexity index is 546. The minimum absolute atomic E-state index is 0.647. The monoisotopic (exact) mass is 297 g/mol. The molecule has 2 heterocycles. The summed E-state index contributed by atoms with van der Waals surface area (Å²) in [5.41, 5.74) is 0. The van der Waals surface area contributed by atoms with Gasteiger partial charge in [0.15, 0.2) is 20.9 Å². The lowest BCUT2D eigenvalue weighted by molar-refractivity contribution is 0.400. The molecule has 0 spiro atoms. The highest BCUT2D eigenvalue weighted by molar-refractivity contribution is 8.01. The first-order valence-corrected chi connectivity index (χ1v) is 7.48. The summed E-state index contributed by atoms with van der Waals surface area (Å²) in [7, 11) is 1.62. The van der Waals surface area contributed by atoms with Crippen LogP contribution in [0.15, 0.2) is 15.7 Å². The largest absolute Gasteiger partial charge is 0.490 e. The summed E-state index contributed by atoms with van der Waals surface area (Å²) in [6.45, 7) is 4.86. The number of methoxy groups -OCH3 is 1. The first kappa shape index (κ1) is 14.0. The Morgan fingerprint density at radius 1 is 1.37 bits per heavy atom. The average molecular weight is 297 g/mol. The molecule has 0 aliphatic carbocycles. The number of ether oxygens (including phenoxy) is 1. The number of hydrogen-bond acceptors (Lipinski definition) is 8. The number of anilines is 1. The van der Waals surface area contributed by atoms with E-state index >= 15 is 0 Å². The van der Waals surface area contributed by atoms with Crippen molar-refractivity contribution in [2.75, 3.05) is 19.0 Å². The number of nitrogens with one attached hydrogen (secondary N) is 1. The quantitative estimate of drug-likeness (QED) is 0.821. The minimum Gasteiger partial charge on any atom is -0.490 e. The fourth-order valence-electron chi connectivity index (χ4n) is 1.39. The molecule has 0 bridgehead atoms. The van der Waals surface area contributed by atoms with Crippen LogP contribution in [0.5, 0.6) is 5.75 Å². The van der Waals surface area contributed by atoms with Gasteiger partial charge in [0.2, 0.25) is 0 Å². The molecule has 8 heteroatoms. The van der Waals surface area contributed by atoms with Crippen LogP contribution in [0.3, 0.4) is 0 Å². The van der Waals surface area contributed by atoms with Gasteiger partial charge in [-0.3, -0.25) is 0 Å². The lowest BCUT2D eigenvalue weighted by Crippen LogP contribution is -2.05. The summed E-state index contributed by atoms with van der Waals surface area (Å²) in [6.07, 6.45) is 2.54. The third kappa shape index (κ3) is 3.54. The summed E-state index contributed by atoms with van der Waals surface area (Å²) >= 11 is 2.97. The van der Waals surface area contributed by atoms with Gasteiger partial charge in [-0.15, -0.1) is 10.2 Å². The van der Waals surface area contributed by atoms with Gasteiger partial charge in [0.25, 0.3) is 0 Å². The Morgan fingerprint density at radius 3 is 2.84 bits per heavy atom. The highest BCUT2D eigenvalue weighted by atomic mass is 32.2. The lowest BCUT2D eigenvalue weighted by atomic mass is 10.4. The van der Waals surface area contributed by atoms with Crippen LogP contribution in [0.1, 0.15) is 18.4 Å². The maximum atomic E-state index is 5.40. The van der Waals surface area contributed by atoms with Crippen LogP contribution in [0, 0.1) is 6.92 Å². The SMILES string of the molecule is CCCNc1ncnc(Sc2nnc(C)s2)c1OC. The molecule has 0 aliphatic heterocycles. The van der Waals surface area contributed by atoms with Crippen molar-refractivity contribution in [3.05, 3.63) is 11.3 Å². The summed E-state index contributed by atoms with van der Waals surface area (Å²) in [6, 6.07) is 0. The summed E-state index contributed by atoms with van der Waals surface area (Å²) in [4.78, 5) is 8.45. The Labute approximate surface area is 120 Å². The molecule has 0 saturated carbocycles. The summed E-state index contributed by atoms with van der Waals surface area (Å²) < 4.78 is 6.24. The van der Waals surface area contributed by atoms with Crippen LogP contribution in [-0.2, 0) is 0 Å². The van der Waals surface area contributed by atoms with Gasteiger partial charge in [-0.05, 0) is 25.1 Å². The van der Waals surface area contributed by atoms with Crippen LogP contribution in [0.25, 0.3) is 0 Å². The van der Waals surface area contributed by atoms with E-state index in [4.69, 9.17) is 4.74 Å². The van der Waals surface area contributed by atoms with E-state index in [1.165, 1.54) is 29.4 Å². The van der Waals surface area contributed by atoms with E-state index in [1.807, 2.05) is 6.92 Å². The molecule has 0 aromatic carbocycles. The van der Waals surface area contributed by atoms with E-state index in [-0.39, 0.29) is 0 Å². The molecular weight excluding hydrogens is 282 g/mol. The molecule has 1 N–H and O–H groups in total. The molecule has 0 radical (unpaired) electrons. The van der Waals surface area contributed by atoms with Gasteiger partial charge in [0.1, 0.15) is 11.3 Å². The first-order valence-electron chi connectivity index (χ1n) is 5.85. The maximum absolute atomic E-state index is 5.40. The molecule has 0 atom stereocenters. The standard InChI is InChI=1S/C11H15N5OS2/c1-4-5-12-9-8(17-3)10(14-6-13-9)19-11-16-15-7(2)18-11/h6H,4-5H2,1-3H3,(H,12,13,14). The maximum Gasteiger partial charge on any atom is 0.194 e. The molecule has 19 heavy (non-hydrogen) atoms. The van der Waals surface area contributed by atoms with Crippen LogP contribution in [-0.4, -0.2) is 33.8 Å². The number of rotatable bonds is 6. The van der Waals surface area contributed by atoms with E-state index < -0.39 is 0 Å². The van der Waals surface area contributed by atoms with Gasteiger partial charge in [-0.25, -0.2) is 9.97 Å². The Balaban J connectivity index is 2.24. The third-order valence-corrected chi connectivity index (χ3v) is 4.08. The smallest absolute Gasteiger partial charge is 0.194 e. The van der Waals surface area contributed by atoms with Crippen LogP contribution >= 0.6 is 23.1 Å². The lowest BCUT2D eigenvalue weighted by Gasteiger charge is -2.11. The summed E-state index contributed by atoms with van der Waals surface area (Å²) in [5.74, 6) is 1.36. The topological polar surface area (TPSA) is 72.8 Å². The third-order valence-electron chi connectivity index (χ3n) is 2.21. The van der Waals surface area contributed by atoms with E-state index in [0.29, 0.717) is 11.6 Å². The normalized spacial score (nSPS) is 10.5. The van der Waals surface area contributed by atoms with Gasteiger partial charge in [-0.2, -0.15) is 0 Å². The zero-order valence-corrected chi connectivity index (χ0v) is 12.6. The van der Waals surface area contributed by atoms with Crippen molar-refractivity contribution in [3.63, 3.8) is 0 Å². The highest BCUT2D eigenvalue weighted by Crippen LogP contribution is 2.37. The van der Waals surface area contributed by atoms with Crippen molar-refractivity contribution in [1.29, 1.82) is 0 Å². The minimum atomic E-state index is 0.647. The molecule has 2 aromatic rings. The van der Waals surface area contributed by atoms with Gasteiger partial charge in [-0.1, -0.05) is 18.3 Å². The van der Waals surface area contributed by atoms with E-state index in [9.17, 15) is 0 Å². The van der Waals surface area contributed by atoms with Crippen molar-refractivity contribution < 1.29 is 4.74 Å². The van der Waals surface area contributed by atoms with Crippen LogP contribution in [0.4, 0.5) is 5.82 Å². The predicted molar refractivity (Wildman–Crippen MR) is 76.1 cm³/mol. The molecule has 102 valence electrons. The van der Waals surface area contributed by atoms with Gasteiger partial charge in [0.05, 0.1) is 7.11 Å². The van der Waals surface area contributed by atoms with Crippen molar-refractivity contribution >= 4 is 28.9 Å². The molecule has 0 saturated heterocycles. The molecule has 0 aliphatic rings. The first-order chi connectivity index (χ1) is 9.24. The molecule has 6 nitrogen and oxygen atoms in total. The summed E-state index contributed by atoms with van der Waals surface area (Å²) in [5, 5.41) is 13.0. The molecular formula is C11H15N5OS2. The molecule has 0 amide bonds. The Kier molecular flexibility index (Phi) is 4.92. The Morgan fingerprint density at radius 2 is 2.21 bits per heavy atom. The molecule has 2 aromatic heterocycles.